The van der Waals surface area contributed by atoms with Crippen LogP contribution < -0.4 is 9.47 Å². The van der Waals surface area contributed by atoms with E-state index in [2.05, 4.69) is 18.0 Å². The van der Waals surface area contributed by atoms with Crippen LogP contribution in [0.15, 0.2) is 12.1 Å². The SMILES string of the molecule is CN1CC[C@@]23CCCC[C@@H]2Oc2c(OC(=O)N(C)C)ccc(c23)C1. The molecule has 1 aromatic rings. The Hall–Kier alpha value is -1.75. The number of carbonyl (C=O) groups is 1. The maximum Gasteiger partial charge on any atom is 0.414 e. The van der Waals surface area contributed by atoms with E-state index in [1.807, 2.05) is 6.07 Å². The number of hydrogen-bond donors (Lipinski definition) is 0. The molecule has 0 aromatic heterocycles. The second-order valence-electron chi connectivity index (χ2n) is 7.69. The van der Waals surface area contributed by atoms with E-state index < -0.39 is 0 Å². The van der Waals surface area contributed by atoms with E-state index in [1.54, 1.807) is 14.1 Å². The molecule has 2 atom stereocenters. The molecule has 1 saturated carbocycles. The molecule has 1 aliphatic carbocycles. The zero-order valence-electron chi connectivity index (χ0n) is 14.8. The van der Waals surface area contributed by atoms with Crippen LogP contribution in [0, 0.1) is 0 Å². The van der Waals surface area contributed by atoms with Crippen LogP contribution in [0.5, 0.6) is 11.5 Å². The third-order valence-corrected chi connectivity index (χ3v) is 5.86. The summed E-state index contributed by atoms with van der Waals surface area (Å²) in [4.78, 5) is 15.9. The van der Waals surface area contributed by atoms with Crippen LogP contribution in [0.2, 0.25) is 0 Å². The molecular weight excluding hydrogens is 304 g/mol. The third-order valence-electron chi connectivity index (χ3n) is 5.86. The van der Waals surface area contributed by atoms with Gasteiger partial charge in [-0.05, 0) is 50.9 Å². The molecule has 24 heavy (non-hydrogen) atoms. The van der Waals surface area contributed by atoms with Crippen LogP contribution in [0.4, 0.5) is 4.79 Å². The van der Waals surface area contributed by atoms with Crippen LogP contribution >= 0.6 is 0 Å². The van der Waals surface area contributed by atoms with Gasteiger partial charge >= 0.3 is 6.09 Å². The van der Waals surface area contributed by atoms with Crippen LogP contribution in [-0.4, -0.2) is 49.7 Å². The summed E-state index contributed by atoms with van der Waals surface area (Å²) in [6.45, 7) is 2.02. The van der Waals surface area contributed by atoms with Crippen molar-refractivity contribution in [2.45, 2.75) is 50.2 Å². The second kappa shape index (κ2) is 5.66. The van der Waals surface area contributed by atoms with Crippen LogP contribution in [0.25, 0.3) is 0 Å². The first-order valence-electron chi connectivity index (χ1n) is 8.92. The summed E-state index contributed by atoms with van der Waals surface area (Å²) < 4.78 is 12.0. The van der Waals surface area contributed by atoms with E-state index in [1.165, 1.54) is 35.3 Å². The lowest BCUT2D eigenvalue weighted by molar-refractivity contribution is 0.0865. The molecule has 0 N–H and O–H groups in total. The molecule has 1 amide bonds. The Balaban J connectivity index is 1.82. The van der Waals surface area contributed by atoms with E-state index in [9.17, 15) is 4.79 Å². The highest BCUT2D eigenvalue weighted by molar-refractivity contribution is 5.72. The molecule has 5 heteroatoms. The number of carbonyl (C=O) groups excluding carboxylic acids is 1. The van der Waals surface area contributed by atoms with Gasteiger partial charge in [0.25, 0.3) is 0 Å². The standard InChI is InChI=1S/C19H26N2O3/c1-20(2)18(22)23-14-8-7-13-12-21(3)11-10-19-9-5-4-6-15(19)24-17(14)16(13)19/h7-8,15H,4-6,9-12H2,1-3H3/t15-,19-/m0/s1. The molecule has 0 saturated heterocycles. The molecule has 0 radical (unpaired) electrons. The fraction of sp³-hybridized carbons (Fsp3) is 0.632. The number of benzene rings is 1. The monoisotopic (exact) mass is 330 g/mol. The Labute approximate surface area is 143 Å². The minimum absolute atomic E-state index is 0.105. The van der Waals surface area contributed by atoms with Gasteiger partial charge < -0.3 is 19.3 Å². The van der Waals surface area contributed by atoms with Gasteiger partial charge in [0.2, 0.25) is 0 Å². The van der Waals surface area contributed by atoms with Gasteiger partial charge in [-0.2, -0.15) is 0 Å². The summed E-state index contributed by atoms with van der Waals surface area (Å²) in [6.07, 6.45) is 5.74. The van der Waals surface area contributed by atoms with Crippen molar-refractivity contribution in [2.75, 3.05) is 27.7 Å². The van der Waals surface area contributed by atoms with Crippen molar-refractivity contribution in [3.63, 3.8) is 0 Å². The molecule has 5 nitrogen and oxygen atoms in total. The minimum Gasteiger partial charge on any atom is -0.485 e. The number of amides is 1. The maximum atomic E-state index is 12.0. The first-order valence-corrected chi connectivity index (χ1v) is 8.92. The lowest BCUT2D eigenvalue weighted by atomic mass is 9.66. The summed E-state index contributed by atoms with van der Waals surface area (Å²) >= 11 is 0. The molecule has 130 valence electrons. The Morgan fingerprint density at radius 1 is 1.33 bits per heavy atom. The van der Waals surface area contributed by atoms with Crippen molar-refractivity contribution in [3.8, 4) is 11.5 Å². The van der Waals surface area contributed by atoms with Crippen LogP contribution in [0.1, 0.15) is 43.2 Å². The van der Waals surface area contributed by atoms with Crippen molar-refractivity contribution >= 4 is 6.09 Å². The number of rotatable bonds is 1. The zero-order chi connectivity index (χ0) is 16.9. The Kier molecular flexibility index (Phi) is 3.71. The van der Waals surface area contributed by atoms with Crippen LogP contribution in [0.3, 0.4) is 0 Å². The third kappa shape index (κ3) is 2.29. The normalized spacial score (nSPS) is 28.4. The van der Waals surface area contributed by atoms with E-state index in [0.29, 0.717) is 5.75 Å². The number of nitrogens with zero attached hydrogens (tertiary/aromatic N) is 2. The minimum atomic E-state index is -0.357. The highest BCUT2D eigenvalue weighted by atomic mass is 16.6. The molecule has 1 spiro atoms. The first-order chi connectivity index (χ1) is 11.5. The molecular formula is C19H26N2O3. The van der Waals surface area contributed by atoms with E-state index in [-0.39, 0.29) is 17.6 Å². The van der Waals surface area contributed by atoms with Gasteiger partial charge in [0, 0.05) is 31.6 Å². The van der Waals surface area contributed by atoms with Gasteiger partial charge in [0.1, 0.15) is 6.10 Å². The molecule has 3 aliphatic rings. The van der Waals surface area contributed by atoms with Crippen molar-refractivity contribution < 1.29 is 14.3 Å². The summed E-state index contributed by atoms with van der Waals surface area (Å²) in [5.41, 5.74) is 2.76. The largest absolute Gasteiger partial charge is 0.485 e. The predicted octanol–water partition coefficient (Wildman–Crippen LogP) is 3.16. The average molecular weight is 330 g/mol. The average Bonchev–Trinajstić information content (AvgIpc) is 2.83. The molecule has 2 aliphatic heterocycles. The van der Waals surface area contributed by atoms with Crippen molar-refractivity contribution in [2.24, 2.45) is 0 Å². The summed E-state index contributed by atoms with van der Waals surface area (Å²) in [6, 6.07) is 4.03. The van der Waals surface area contributed by atoms with Gasteiger partial charge in [-0.1, -0.05) is 12.5 Å². The van der Waals surface area contributed by atoms with Gasteiger partial charge in [-0.25, -0.2) is 4.79 Å². The lowest BCUT2D eigenvalue weighted by Gasteiger charge is -2.38. The maximum absolute atomic E-state index is 12.0. The molecule has 1 fully saturated rings. The van der Waals surface area contributed by atoms with E-state index in [0.717, 1.165) is 31.7 Å². The molecule has 4 rings (SSSR count). The summed E-state index contributed by atoms with van der Waals surface area (Å²) in [5.74, 6) is 1.40. The topological polar surface area (TPSA) is 42.0 Å². The molecule has 2 heterocycles. The molecule has 0 unspecified atom stereocenters. The predicted molar refractivity (Wildman–Crippen MR) is 91.7 cm³/mol. The van der Waals surface area contributed by atoms with Gasteiger partial charge in [0.05, 0.1) is 0 Å². The van der Waals surface area contributed by atoms with Gasteiger partial charge in [-0.15, -0.1) is 0 Å². The summed E-state index contributed by atoms with van der Waals surface area (Å²) in [5, 5.41) is 0. The fourth-order valence-corrected chi connectivity index (χ4v) is 4.64. The number of ether oxygens (including phenoxy) is 2. The lowest BCUT2D eigenvalue weighted by Crippen LogP contribution is -2.42. The van der Waals surface area contributed by atoms with Gasteiger partial charge in [0.15, 0.2) is 11.5 Å². The first kappa shape index (κ1) is 15.8. The molecule has 1 aromatic carbocycles. The van der Waals surface area contributed by atoms with Gasteiger partial charge in [-0.3, -0.25) is 0 Å². The smallest absolute Gasteiger partial charge is 0.414 e. The summed E-state index contributed by atoms with van der Waals surface area (Å²) in [7, 11) is 5.58. The highest BCUT2D eigenvalue weighted by Gasteiger charge is 2.53. The zero-order valence-corrected chi connectivity index (χ0v) is 14.8. The molecule has 0 bridgehead atoms. The van der Waals surface area contributed by atoms with E-state index in [4.69, 9.17) is 9.47 Å². The van der Waals surface area contributed by atoms with Crippen LogP contribution in [-0.2, 0) is 12.0 Å². The highest BCUT2D eigenvalue weighted by Crippen LogP contribution is 2.57. The van der Waals surface area contributed by atoms with Crippen molar-refractivity contribution in [1.29, 1.82) is 0 Å². The Bertz CT molecular complexity index is 673. The quantitative estimate of drug-likeness (QED) is 0.793. The Morgan fingerprint density at radius 3 is 2.96 bits per heavy atom. The van der Waals surface area contributed by atoms with E-state index >= 15 is 0 Å². The number of hydrogen-bond acceptors (Lipinski definition) is 4. The van der Waals surface area contributed by atoms with Crippen molar-refractivity contribution in [3.05, 3.63) is 23.3 Å². The fourth-order valence-electron chi connectivity index (χ4n) is 4.64. The van der Waals surface area contributed by atoms with Crippen molar-refractivity contribution in [1.82, 2.24) is 9.80 Å². The second-order valence-corrected chi connectivity index (χ2v) is 7.69. The Morgan fingerprint density at radius 2 is 2.17 bits per heavy atom.